The Bertz CT molecular complexity index is 530. The highest BCUT2D eigenvalue weighted by molar-refractivity contribution is 5.80. The zero-order chi connectivity index (χ0) is 11.7. The van der Waals surface area contributed by atoms with Gasteiger partial charge in [0.15, 0.2) is 0 Å². The van der Waals surface area contributed by atoms with E-state index in [1.165, 1.54) is 11.1 Å². The molecule has 82 valence electrons. The van der Waals surface area contributed by atoms with Crippen molar-refractivity contribution in [3.63, 3.8) is 0 Å². The molecule has 2 rings (SSSR count). The fourth-order valence-electron chi connectivity index (χ4n) is 1.92. The highest BCUT2D eigenvalue weighted by atomic mass is 14.7. The van der Waals surface area contributed by atoms with Gasteiger partial charge < -0.3 is 11.5 Å². The molecule has 0 heterocycles. The summed E-state index contributed by atoms with van der Waals surface area (Å²) >= 11 is 0. The van der Waals surface area contributed by atoms with Crippen LogP contribution in [0.4, 0.5) is 11.4 Å². The topological polar surface area (TPSA) is 52.0 Å². The van der Waals surface area contributed by atoms with E-state index in [4.69, 9.17) is 11.5 Å². The van der Waals surface area contributed by atoms with E-state index >= 15 is 0 Å². The van der Waals surface area contributed by atoms with Crippen LogP contribution in [0.25, 0.3) is 11.1 Å². The van der Waals surface area contributed by atoms with Crippen molar-refractivity contribution in [2.75, 3.05) is 11.5 Å². The number of anilines is 2. The van der Waals surface area contributed by atoms with Crippen LogP contribution in [0.5, 0.6) is 0 Å². The molecule has 2 nitrogen and oxygen atoms in total. The first-order chi connectivity index (χ1) is 7.61. The van der Waals surface area contributed by atoms with Crippen molar-refractivity contribution in [3.8, 4) is 11.1 Å². The molecule has 0 aliphatic heterocycles. The number of hydrogen-bond donors (Lipinski definition) is 2. The molecule has 0 bridgehead atoms. The molecular weight excluding hydrogens is 196 g/mol. The predicted molar refractivity (Wildman–Crippen MR) is 70.2 cm³/mol. The number of rotatable bonds is 1. The maximum absolute atomic E-state index is 5.95. The molecule has 0 fully saturated rings. The summed E-state index contributed by atoms with van der Waals surface area (Å²) in [4.78, 5) is 0. The van der Waals surface area contributed by atoms with Gasteiger partial charge in [0.2, 0.25) is 0 Å². The Morgan fingerprint density at radius 2 is 1.50 bits per heavy atom. The number of aryl methyl sites for hydroxylation is 1. The summed E-state index contributed by atoms with van der Waals surface area (Å²) in [6, 6.07) is 12.2. The molecule has 0 amide bonds. The molecule has 16 heavy (non-hydrogen) atoms. The van der Waals surface area contributed by atoms with Gasteiger partial charge >= 0.3 is 0 Å². The minimum absolute atomic E-state index is 0.648. The highest BCUT2D eigenvalue weighted by Crippen LogP contribution is 2.32. The van der Waals surface area contributed by atoms with E-state index in [0.29, 0.717) is 11.4 Å². The van der Waals surface area contributed by atoms with Gasteiger partial charge in [0.25, 0.3) is 0 Å². The van der Waals surface area contributed by atoms with Crippen molar-refractivity contribution in [3.05, 3.63) is 47.5 Å². The fourth-order valence-corrected chi connectivity index (χ4v) is 1.92. The van der Waals surface area contributed by atoms with E-state index in [-0.39, 0.29) is 0 Å². The summed E-state index contributed by atoms with van der Waals surface area (Å²) < 4.78 is 0. The Balaban J connectivity index is 2.66. The number of hydrogen-bond acceptors (Lipinski definition) is 2. The number of nitrogen functional groups attached to an aromatic ring is 2. The van der Waals surface area contributed by atoms with Crippen molar-refractivity contribution in [2.45, 2.75) is 13.8 Å². The Labute approximate surface area is 95.9 Å². The Hall–Kier alpha value is -1.96. The first kappa shape index (κ1) is 10.6. The third-order valence-electron chi connectivity index (χ3n) is 2.98. The lowest BCUT2D eigenvalue weighted by Gasteiger charge is -2.12. The summed E-state index contributed by atoms with van der Waals surface area (Å²) in [5.74, 6) is 0. The van der Waals surface area contributed by atoms with Crippen LogP contribution < -0.4 is 11.5 Å². The smallest absolute Gasteiger partial charge is 0.0583 e. The van der Waals surface area contributed by atoms with Crippen LogP contribution in [-0.2, 0) is 0 Å². The van der Waals surface area contributed by atoms with Crippen LogP contribution in [0, 0.1) is 13.8 Å². The largest absolute Gasteiger partial charge is 0.397 e. The number of nitrogens with two attached hydrogens (primary N) is 2. The second-order valence-corrected chi connectivity index (χ2v) is 4.06. The minimum Gasteiger partial charge on any atom is -0.397 e. The monoisotopic (exact) mass is 212 g/mol. The molecule has 0 saturated carbocycles. The molecule has 0 spiro atoms. The highest BCUT2D eigenvalue weighted by Gasteiger charge is 2.08. The standard InChI is InChI=1S/C14H16N2/c1-9-5-3-4-6-11(9)12-7-8-13(15)14(16)10(12)2/h3-8H,15-16H2,1-2H3. The van der Waals surface area contributed by atoms with Crippen LogP contribution in [0.2, 0.25) is 0 Å². The summed E-state index contributed by atoms with van der Waals surface area (Å²) in [5.41, 5.74) is 17.7. The Morgan fingerprint density at radius 3 is 2.19 bits per heavy atom. The van der Waals surface area contributed by atoms with Crippen LogP contribution >= 0.6 is 0 Å². The van der Waals surface area contributed by atoms with Crippen molar-refractivity contribution in [2.24, 2.45) is 0 Å². The maximum atomic E-state index is 5.95. The van der Waals surface area contributed by atoms with Gasteiger partial charge in [0, 0.05) is 0 Å². The van der Waals surface area contributed by atoms with E-state index in [2.05, 4.69) is 19.1 Å². The third-order valence-corrected chi connectivity index (χ3v) is 2.98. The van der Waals surface area contributed by atoms with Gasteiger partial charge in [-0.1, -0.05) is 30.3 Å². The van der Waals surface area contributed by atoms with Gasteiger partial charge in [-0.3, -0.25) is 0 Å². The molecule has 0 aromatic heterocycles. The second kappa shape index (κ2) is 3.89. The van der Waals surface area contributed by atoms with E-state index in [1.807, 2.05) is 31.2 Å². The third kappa shape index (κ3) is 1.63. The maximum Gasteiger partial charge on any atom is 0.0583 e. The van der Waals surface area contributed by atoms with Gasteiger partial charge in [-0.25, -0.2) is 0 Å². The SMILES string of the molecule is Cc1ccccc1-c1ccc(N)c(N)c1C. The summed E-state index contributed by atoms with van der Waals surface area (Å²) in [6.45, 7) is 4.11. The van der Waals surface area contributed by atoms with Crippen LogP contribution in [0.1, 0.15) is 11.1 Å². The van der Waals surface area contributed by atoms with Gasteiger partial charge in [0.1, 0.15) is 0 Å². The number of benzene rings is 2. The zero-order valence-electron chi connectivity index (χ0n) is 9.62. The van der Waals surface area contributed by atoms with Crippen molar-refractivity contribution < 1.29 is 0 Å². The van der Waals surface area contributed by atoms with Gasteiger partial charge in [0.05, 0.1) is 11.4 Å². The molecule has 2 heteroatoms. The van der Waals surface area contributed by atoms with Crippen molar-refractivity contribution in [1.82, 2.24) is 0 Å². The van der Waals surface area contributed by atoms with E-state index in [1.54, 1.807) is 0 Å². The van der Waals surface area contributed by atoms with Crippen LogP contribution in [0.15, 0.2) is 36.4 Å². The lowest BCUT2D eigenvalue weighted by Crippen LogP contribution is -1.99. The van der Waals surface area contributed by atoms with Crippen molar-refractivity contribution >= 4 is 11.4 Å². The summed E-state index contributed by atoms with van der Waals surface area (Å²) in [5, 5.41) is 0. The van der Waals surface area contributed by atoms with Gasteiger partial charge in [-0.05, 0) is 42.2 Å². The molecule has 2 aromatic rings. The van der Waals surface area contributed by atoms with Gasteiger partial charge in [-0.2, -0.15) is 0 Å². The second-order valence-electron chi connectivity index (χ2n) is 4.06. The lowest BCUT2D eigenvalue weighted by atomic mass is 9.95. The molecule has 0 aliphatic carbocycles. The minimum atomic E-state index is 0.648. The first-order valence-electron chi connectivity index (χ1n) is 5.32. The first-order valence-corrected chi connectivity index (χ1v) is 5.32. The summed E-state index contributed by atoms with van der Waals surface area (Å²) in [6.07, 6.45) is 0. The zero-order valence-corrected chi connectivity index (χ0v) is 9.62. The molecule has 0 unspecified atom stereocenters. The normalized spacial score (nSPS) is 10.4. The lowest BCUT2D eigenvalue weighted by molar-refractivity contribution is 1.41. The molecule has 0 radical (unpaired) electrons. The average Bonchev–Trinajstić information content (AvgIpc) is 2.28. The molecular formula is C14H16N2. The average molecular weight is 212 g/mol. The molecule has 0 saturated heterocycles. The summed E-state index contributed by atoms with van der Waals surface area (Å²) in [7, 11) is 0. The predicted octanol–water partition coefficient (Wildman–Crippen LogP) is 3.13. The quantitative estimate of drug-likeness (QED) is 0.713. The molecule has 0 atom stereocenters. The van der Waals surface area contributed by atoms with Gasteiger partial charge in [-0.15, -0.1) is 0 Å². The Kier molecular flexibility index (Phi) is 2.57. The molecule has 4 N–H and O–H groups in total. The van der Waals surface area contributed by atoms with Crippen LogP contribution in [-0.4, -0.2) is 0 Å². The fraction of sp³-hybridized carbons (Fsp3) is 0.143. The Morgan fingerprint density at radius 1 is 0.812 bits per heavy atom. The van der Waals surface area contributed by atoms with Crippen LogP contribution in [0.3, 0.4) is 0 Å². The van der Waals surface area contributed by atoms with E-state index in [0.717, 1.165) is 11.1 Å². The van der Waals surface area contributed by atoms with E-state index < -0.39 is 0 Å². The molecule has 2 aromatic carbocycles. The molecule has 0 aliphatic rings. The van der Waals surface area contributed by atoms with Crippen molar-refractivity contribution in [1.29, 1.82) is 0 Å². The van der Waals surface area contributed by atoms with E-state index in [9.17, 15) is 0 Å².